The Balaban J connectivity index is 1.62. The summed E-state index contributed by atoms with van der Waals surface area (Å²) in [5.74, 6) is 2.05. The van der Waals surface area contributed by atoms with Crippen molar-refractivity contribution in [2.45, 2.75) is 82.3 Å². The second-order valence-corrected chi connectivity index (χ2v) is 10.1. The van der Waals surface area contributed by atoms with Gasteiger partial charge in [0.05, 0.1) is 0 Å². The molecule has 1 aromatic rings. The fraction of sp³-hybridized carbons (Fsp3) is 0.708. The highest BCUT2D eigenvalue weighted by Crippen LogP contribution is 2.48. The van der Waals surface area contributed by atoms with Gasteiger partial charge in [0.1, 0.15) is 5.82 Å². The van der Waals surface area contributed by atoms with Crippen LogP contribution in [0.2, 0.25) is 0 Å². The SMILES string of the molecule is CCN(CC1(C2CCCCCCC2)CCCS1)C(=O)CCc1ccc(F)cc1. The van der Waals surface area contributed by atoms with E-state index in [-0.39, 0.29) is 16.5 Å². The van der Waals surface area contributed by atoms with Gasteiger partial charge < -0.3 is 4.90 Å². The van der Waals surface area contributed by atoms with Gasteiger partial charge in [0, 0.05) is 24.3 Å². The number of hydrogen-bond donors (Lipinski definition) is 0. The van der Waals surface area contributed by atoms with E-state index in [9.17, 15) is 9.18 Å². The van der Waals surface area contributed by atoms with E-state index in [2.05, 4.69) is 23.6 Å². The molecule has 1 heterocycles. The van der Waals surface area contributed by atoms with Gasteiger partial charge in [-0.05, 0) is 68.4 Å². The molecule has 1 atom stereocenters. The first-order valence-corrected chi connectivity index (χ1v) is 12.3. The van der Waals surface area contributed by atoms with Crippen LogP contribution in [0.4, 0.5) is 4.39 Å². The van der Waals surface area contributed by atoms with Gasteiger partial charge in [-0.3, -0.25) is 4.79 Å². The summed E-state index contributed by atoms with van der Waals surface area (Å²) in [4.78, 5) is 15.1. The maximum absolute atomic E-state index is 13.1. The molecule has 2 nitrogen and oxygen atoms in total. The Hall–Kier alpha value is -1.03. The predicted octanol–water partition coefficient (Wildman–Crippen LogP) is 6.23. The predicted molar refractivity (Wildman–Crippen MR) is 117 cm³/mol. The molecule has 156 valence electrons. The van der Waals surface area contributed by atoms with Crippen LogP contribution in [0.15, 0.2) is 24.3 Å². The Bertz CT molecular complexity index is 604. The normalized spacial score (nSPS) is 23.9. The molecule has 1 saturated carbocycles. The van der Waals surface area contributed by atoms with Gasteiger partial charge in [0.25, 0.3) is 0 Å². The first-order valence-electron chi connectivity index (χ1n) is 11.3. The monoisotopic (exact) mass is 405 g/mol. The first-order chi connectivity index (χ1) is 13.6. The third-order valence-corrected chi connectivity index (χ3v) is 8.45. The molecule has 1 saturated heterocycles. The van der Waals surface area contributed by atoms with E-state index >= 15 is 0 Å². The van der Waals surface area contributed by atoms with Crippen LogP contribution in [0.1, 0.15) is 76.7 Å². The molecule has 0 aromatic heterocycles. The van der Waals surface area contributed by atoms with Gasteiger partial charge in [-0.2, -0.15) is 11.8 Å². The number of rotatable bonds is 7. The molecule has 1 aliphatic carbocycles. The van der Waals surface area contributed by atoms with Crippen molar-refractivity contribution in [1.29, 1.82) is 0 Å². The lowest BCUT2D eigenvalue weighted by molar-refractivity contribution is -0.131. The van der Waals surface area contributed by atoms with Crippen LogP contribution in [0, 0.1) is 11.7 Å². The summed E-state index contributed by atoms with van der Waals surface area (Å²) in [6.07, 6.45) is 13.3. The minimum Gasteiger partial charge on any atom is -0.342 e. The largest absolute Gasteiger partial charge is 0.342 e. The summed E-state index contributed by atoms with van der Waals surface area (Å²) in [5, 5.41) is 0. The molecule has 4 heteroatoms. The highest BCUT2D eigenvalue weighted by molar-refractivity contribution is 8.00. The molecule has 1 unspecified atom stereocenters. The first kappa shape index (κ1) is 21.7. The Labute approximate surface area is 174 Å². The van der Waals surface area contributed by atoms with Crippen molar-refractivity contribution in [3.05, 3.63) is 35.6 Å². The Morgan fingerprint density at radius 3 is 2.39 bits per heavy atom. The van der Waals surface area contributed by atoms with E-state index in [1.54, 1.807) is 12.1 Å². The molecule has 1 amide bonds. The summed E-state index contributed by atoms with van der Waals surface area (Å²) in [6.45, 7) is 3.82. The molecule has 0 N–H and O–H groups in total. The second kappa shape index (κ2) is 10.7. The van der Waals surface area contributed by atoms with Gasteiger partial charge in [0.15, 0.2) is 0 Å². The van der Waals surface area contributed by atoms with Crippen molar-refractivity contribution in [1.82, 2.24) is 4.90 Å². The van der Waals surface area contributed by atoms with Gasteiger partial charge in [-0.15, -0.1) is 0 Å². The van der Waals surface area contributed by atoms with Crippen molar-refractivity contribution in [2.75, 3.05) is 18.8 Å². The minimum atomic E-state index is -0.218. The average Bonchev–Trinajstić information content (AvgIpc) is 3.14. The average molecular weight is 406 g/mol. The maximum atomic E-state index is 13.1. The van der Waals surface area contributed by atoms with Crippen LogP contribution in [0.3, 0.4) is 0 Å². The lowest BCUT2D eigenvalue weighted by Gasteiger charge is -2.41. The van der Waals surface area contributed by atoms with E-state index < -0.39 is 0 Å². The molecule has 2 aliphatic rings. The van der Waals surface area contributed by atoms with E-state index in [0.29, 0.717) is 12.8 Å². The maximum Gasteiger partial charge on any atom is 0.222 e. The Morgan fingerprint density at radius 2 is 1.79 bits per heavy atom. The molecule has 3 rings (SSSR count). The lowest BCUT2D eigenvalue weighted by atomic mass is 9.78. The van der Waals surface area contributed by atoms with Crippen LogP contribution in [-0.2, 0) is 11.2 Å². The van der Waals surface area contributed by atoms with Crippen molar-refractivity contribution in [3.63, 3.8) is 0 Å². The summed E-state index contributed by atoms with van der Waals surface area (Å²) in [6, 6.07) is 6.55. The van der Waals surface area contributed by atoms with Crippen molar-refractivity contribution >= 4 is 17.7 Å². The number of hydrogen-bond acceptors (Lipinski definition) is 2. The van der Waals surface area contributed by atoms with Crippen LogP contribution in [-0.4, -0.2) is 34.4 Å². The number of halogens is 1. The number of benzene rings is 1. The number of aryl methyl sites for hydroxylation is 1. The van der Waals surface area contributed by atoms with Crippen molar-refractivity contribution in [2.24, 2.45) is 5.92 Å². The minimum absolute atomic E-state index is 0.218. The van der Waals surface area contributed by atoms with E-state index in [1.165, 1.54) is 75.7 Å². The Morgan fingerprint density at radius 1 is 1.11 bits per heavy atom. The number of amides is 1. The van der Waals surface area contributed by atoms with Crippen LogP contribution < -0.4 is 0 Å². The fourth-order valence-electron chi connectivity index (χ4n) is 5.04. The third kappa shape index (κ3) is 5.75. The highest BCUT2D eigenvalue weighted by Gasteiger charge is 2.43. The highest BCUT2D eigenvalue weighted by atomic mass is 32.2. The smallest absolute Gasteiger partial charge is 0.222 e. The molecule has 1 aromatic carbocycles. The number of thioether (sulfide) groups is 1. The molecule has 0 spiro atoms. The van der Waals surface area contributed by atoms with Gasteiger partial charge in [-0.25, -0.2) is 4.39 Å². The van der Waals surface area contributed by atoms with E-state index in [1.807, 2.05) is 0 Å². The van der Waals surface area contributed by atoms with Gasteiger partial charge in [0.2, 0.25) is 5.91 Å². The molecular weight excluding hydrogens is 369 g/mol. The van der Waals surface area contributed by atoms with E-state index in [4.69, 9.17) is 0 Å². The molecule has 28 heavy (non-hydrogen) atoms. The van der Waals surface area contributed by atoms with Crippen LogP contribution in [0.25, 0.3) is 0 Å². The summed E-state index contributed by atoms with van der Waals surface area (Å²) >= 11 is 2.15. The number of nitrogens with zero attached hydrogens (tertiary/aromatic N) is 1. The zero-order valence-corrected chi connectivity index (χ0v) is 18.2. The van der Waals surface area contributed by atoms with Crippen LogP contribution in [0.5, 0.6) is 0 Å². The second-order valence-electron chi connectivity index (χ2n) is 8.59. The molecule has 1 aliphatic heterocycles. The molecular formula is C24H36FNOS. The number of carbonyl (C=O) groups excluding carboxylic acids is 1. The standard InChI is InChI=1S/C24H36FNOS/c1-2-26(23(27)16-13-20-11-14-22(25)15-12-20)19-24(17-8-18-28-24)21-9-6-4-3-5-7-10-21/h11-12,14-15,21H,2-10,13,16-19H2,1H3. The summed E-state index contributed by atoms with van der Waals surface area (Å²) in [7, 11) is 0. The zero-order chi connectivity index (χ0) is 19.8. The number of carbonyl (C=O) groups is 1. The van der Waals surface area contributed by atoms with Crippen molar-refractivity contribution in [3.8, 4) is 0 Å². The third-order valence-electron chi connectivity index (χ3n) is 6.72. The van der Waals surface area contributed by atoms with E-state index in [0.717, 1.165) is 24.6 Å². The zero-order valence-electron chi connectivity index (χ0n) is 17.4. The summed E-state index contributed by atoms with van der Waals surface area (Å²) < 4.78 is 13.4. The van der Waals surface area contributed by atoms with Crippen molar-refractivity contribution < 1.29 is 9.18 Å². The Kier molecular flexibility index (Phi) is 8.25. The molecule has 0 radical (unpaired) electrons. The lowest BCUT2D eigenvalue weighted by Crippen LogP contribution is -2.47. The quantitative estimate of drug-likeness (QED) is 0.536. The van der Waals surface area contributed by atoms with Crippen LogP contribution >= 0.6 is 11.8 Å². The van der Waals surface area contributed by atoms with Gasteiger partial charge in [-0.1, -0.05) is 44.2 Å². The van der Waals surface area contributed by atoms with Gasteiger partial charge >= 0.3 is 0 Å². The molecule has 0 bridgehead atoms. The summed E-state index contributed by atoms with van der Waals surface area (Å²) in [5.41, 5.74) is 1.04. The fourth-order valence-corrected chi connectivity index (χ4v) is 6.74. The topological polar surface area (TPSA) is 20.3 Å². The molecule has 2 fully saturated rings.